The molecule has 0 unspecified atom stereocenters. The van der Waals surface area contributed by atoms with Crippen molar-refractivity contribution in [3.63, 3.8) is 0 Å². The SMILES string of the molecule is C1CN2CCC[N+]3=C2N(C1)B1[BH-]3[N+]2=C3N(CCCN13)CCC2. The normalized spacial score (nSPS) is 30.3. The second-order valence-electron chi connectivity index (χ2n) is 7.89. The van der Waals surface area contributed by atoms with Gasteiger partial charge in [-0.05, 0) is 0 Å². The van der Waals surface area contributed by atoms with Gasteiger partial charge >= 0.3 is 13.7 Å². The highest BCUT2D eigenvalue weighted by Gasteiger charge is 2.64. The van der Waals surface area contributed by atoms with Crippen LogP contribution in [0.15, 0.2) is 0 Å². The molecular weight excluding hydrogens is 274 g/mol. The van der Waals surface area contributed by atoms with E-state index in [1.807, 2.05) is 0 Å². The van der Waals surface area contributed by atoms with Gasteiger partial charge in [0.2, 0.25) is 0 Å². The first-order valence-corrected chi connectivity index (χ1v) is 9.43. The van der Waals surface area contributed by atoms with Crippen LogP contribution in [-0.2, 0) is 0 Å². The summed E-state index contributed by atoms with van der Waals surface area (Å²) in [5, 5.41) is 0. The molecule has 0 aromatic carbocycles. The van der Waals surface area contributed by atoms with Crippen LogP contribution < -0.4 is 0 Å². The summed E-state index contributed by atoms with van der Waals surface area (Å²) < 4.78 is 5.67. The number of rotatable bonds is 0. The zero-order chi connectivity index (χ0) is 14.3. The van der Waals surface area contributed by atoms with E-state index in [-0.39, 0.29) is 0 Å². The van der Waals surface area contributed by atoms with Crippen LogP contribution in [-0.4, -0.2) is 106 Å². The minimum Gasteiger partial charge on any atom is -0.423 e. The summed E-state index contributed by atoms with van der Waals surface area (Å²) in [7, 11) is 0. The molecule has 0 saturated carbocycles. The van der Waals surface area contributed by atoms with Gasteiger partial charge in [0.1, 0.15) is 0 Å². The Balaban J connectivity index is 1.52. The third-order valence-electron chi connectivity index (χ3n) is 6.84. The molecular formula is C14H25B2N6+. The molecule has 0 bridgehead atoms. The zero-order valence-electron chi connectivity index (χ0n) is 13.5. The van der Waals surface area contributed by atoms with Crippen LogP contribution in [0.2, 0.25) is 0 Å². The lowest BCUT2D eigenvalue weighted by molar-refractivity contribution is -0.524. The Morgan fingerprint density at radius 3 is 1.73 bits per heavy atom. The number of guanidine groups is 2. The molecule has 0 aromatic rings. The van der Waals surface area contributed by atoms with Gasteiger partial charge in [0.25, 0.3) is 11.9 Å². The molecule has 6 heterocycles. The molecule has 6 rings (SSSR count). The summed E-state index contributed by atoms with van der Waals surface area (Å²) >= 11 is 0. The molecule has 2 saturated heterocycles. The van der Waals surface area contributed by atoms with E-state index in [0.29, 0.717) is 6.87 Å². The highest BCUT2D eigenvalue weighted by atomic mass is 15.5. The third kappa shape index (κ3) is 1.31. The van der Waals surface area contributed by atoms with Gasteiger partial charge in [-0.25, -0.2) is 0 Å². The quantitative estimate of drug-likeness (QED) is 0.500. The number of nitrogens with zero attached hydrogens (tertiary/aromatic N) is 6. The van der Waals surface area contributed by atoms with Gasteiger partial charge in [0.05, 0.1) is 39.3 Å². The largest absolute Gasteiger partial charge is 0.435 e. The van der Waals surface area contributed by atoms with Crippen molar-refractivity contribution >= 4 is 25.7 Å². The minimum atomic E-state index is -0.435. The van der Waals surface area contributed by atoms with Gasteiger partial charge in [0, 0.05) is 38.8 Å². The monoisotopic (exact) mass is 299 g/mol. The first-order valence-electron chi connectivity index (χ1n) is 9.43. The molecule has 2 fully saturated rings. The molecule has 0 atom stereocenters. The van der Waals surface area contributed by atoms with Gasteiger partial charge in [-0.15, -0.1) is 0 Å². The van der Waals surface area contributed by atoms with Crippen LogP contribution in [0.1, 0.15) is 25.7 Å². The second-order valence-corrected chi connectivity index (χ2v) is 7.89. The Morgan fingerprint density at radius 2 is 1.18 bits per heavy atom. The van der Waals surface area contributed by atoms with E-state index < -0.39 is 6.87 Å². The molecule has 0 N–H and O–H groups in total. The van der Waals surface area contributed by atoms with Crippen molar-refractivity contribution in [2.24, 2.45) is 0 Å². The highest BCUT2D eigenvalue weighted by molar-refractivity contribution is 7.16. The Morgan fingerprint density at radius 1 is 0.682 bits per heavy atom. The fourth-order valence-corrected chi connectivity index (χ4v) is 6.26. The molecule has 6 aliphatic rings. The first kappa shape index (κ1) is 12.1. The van der Waals surface area contributed by atoms with E-state index in [2.05, 4.69) is 28.4 Å². The van der Waals surface area contributed by atoms with Gasteiger partial charge in [0.15, 0.2) is 0 Å². The third-order valence-corrected chi connectivity index (χ3v) is 6.84. The Labute approximate surface area is 132 Å². The van der Waals surface area contributed by atoms with Crippen molar-refractivity contribution in [2.45, 2.75) is 25.7 Å². The average Bonchev–Trinajstić information content (AvgIpc) is 3.07. The van der Waals surface area contributed by atoms with E-state index in [9.17, 15) is 0 Å². The van der Waals surface area contributed by atoms with Crippen molar-refractivity contribution in [3.05, 3.63) is 0 Å². The summed E-state index contributed by atoms with van der Waals surface area (Å²) in [6.45, 7) is 10.5. The van der Waals surface area contributed by atoms with Gasteiger partial charge < -0.3 is 18.6 Å². The number of fused-ring (bicyclic) bond motifs is 5. The molecule has 0 aliphatic carbocycles. The van der Waals surface area contributed by atoms with Gasteiger partial charge in [-0.2, -0.15) is 0 Å². The fraction of sp³-hybridized carbons (Fsp3) is 0.857. The Kier molecular flexibility index (Phi) is 2.29. The topological polar surface area (TPSA) is 19.0 Å². The summed E-state index contributed by atoms with van der Waals surface area (Å²) in [5.74, 6) is 3.20. The van der Waals surface area contributed by atoms with E-state index in [1.54, 1.807) is 11.9 Å². The molecule has 6 nitrogen and oxygen atoms in total. The maximum atomic E-state index is 2.84. The van der Waals surface area contributed by atoms with Crippen molar-refractivity contribution in [3.8, 4) is 0 Å². The molecule has 0 radical (unpaired) electrons. The van der Waals surface area contributed by atoms with E-state index in [1.165, 1.54) is 78.0 Å². The van der Waals surface area contributed by atoms with E-state index >= 15 is 0 Å². The minimum absolute atomic E-state index is 0.435. The Bertz CT molecular complexity index is 554. The van der Waals surface area contributed by atoms with Crippen LogP contribution in [0.25, 0.3) is 0 Å². The van der Waals surface area contributed by atoms with Crippen molar-refractivity contribution in [1.29, 1.82) is 0 Å². The Hall–Kier alpha value is -1.33. The average molecular weight is 299 g/mol. The molecule has 22 heavy (non-hydrogen) atoms. The van der Waals surface area contributed by atoms with Crippen LogP contribution >= 0.6 is 0 Å². The maximum absolute atomic E-state index is 2.84. The smallest absolute Gasteiger partial charge is 0.423 e. The summed E-state index contributed by atoms with van der Waals surface area (Å²) in [4.78, 5) is 10.9. The molecule has 0 aromatic heterocycles. The maximum Gasteiger partial charge on any atom is 0.435 e. The van der Waals surface area contributed by atoms with Crippen molar-refractivity contribution in [2.75, 3.05) is 52.4 Å². The summed E-state index contributed by atoms with van der Waals surface area (Å²) in [6, 6.07) is 0. The van der Waals surface area contributed by atoms with Crippen molar-refractivity contribution in [1.82, 2.24) is 19.4 Å². The summed E-state index contributed by atoms with van der Waals surface area (Å²) in [6.07, 6.45) is 5.38. The van der Waals surface area contributed by atoms with Gasteiger partial charge in [-0.3, -0.25) is 9.80 Å². The lowest BCUT2D eigenvalue weighted by atomic mass is 9.34. The van der Waals surface area contributed by atoms with Crippen molar-refractivity contribution < 1.29 is 8.97 Å². The van der Waals surface area contributed by atoms with Gasteiger partial charge in [-0.1, -0.05) is 0 Å². The van der Waals surface area contributed by atoms with Crippen LogP contribution in [0.3, 0.4) is 0 Å². The zero-order valence-corrected chi connectivity index (χ0v) is 13.5. The predicted molar refractivity (Wildman–Crippen MR) is 88.2 cm³/mol. The fourth-order valence-electron chi connectivity index (χ4n) is 6.26. The van der Waals surface area contributed by atoms with Crippen LogP contribution in [0, 0.1) is 0 Å². The number of hydrogen-bond acceptors (Lipinski definition) is 4. The standard InChI is InChI=1S/C14H25B2N6/c1-5-17-6-2-10-20-13(17)19(9-1)15-16(20)22-12-4-8-18-7-3-11-21(15)14(18)22/h15H,1-12H2/q+1. The number of hydrogen-bond donors (Lipinski definition) is 0. The molecule has 0 spiro atoms. The lowest BCUT2D eigenvalue weighted by Crippen LogP contribution is -2.63. The first-order chi connectivity index (χ1) is 10.9. The van der Waals surface area contributed by atoms with E-state index in [0.717, 1.165) is 0 Å². The van der Waals surface area contributed by atoms with Crippen LogP contribution in [0.5, 0.6) is 0 Å². The van der Waals surface area contributed by atoms with E-state index in [4.69, 9.17) is 0 Å². The summed E-state index contributed by atoms with van der Waals surface area (Å²) in [5.41, 5.74) is 0. The second kappa shape index (κ2) is 4.15. The molecule has 116 valence electrons. The molecule has 8 heteroatoms. The molecule has 0 amide bonds. The molecule has 6 aliphatic heterocycles. The lowest BCUT2D eigenvalue weighted by Gasteiger charge is -2.41. The highest BCUT2D eigenvalue weighted by Crippen LogP contribution is 2.31. The predicted octanol–water partition coefficient (Wildman–Crippen LogP) is -1.64. The van der Waals surface area contributed by atoms with Crippen LogP contribution in [0.4, 0.5) is 0 Å².